The fraction of sp³-hybridized carbons (Fsp3) is 0.368. The molecule has 0 radical (unpaired) electrons. The van der Waals surface area contributed by atoms with Crippen molar-refractivity contribution in [3.63, 3.8) is 0 Å². The molecule has 9 nitrogen and oxygen atoms in total. The van der Waals surface area contributed by atoms with E-state index in [1.54, 1.807) is 5.38 Å². The van der Waals surface area contributed by atoms with Crippen LogP contribution in [-0.2, 0) is 4.74 Å². The van der Waals surface area contributed by atoms with Crippen LogP contribution in [0.4, 0.5) is 0 Å². The Labute approximate surface area is 168 Å². The standard InChI is InChI=1S/C19H19NO8S/c1-8-20-12(7-29-8)11-6-26-13-4-9(2-3-10(13)15(11)22)27-19-18(25)17(24)16(23)14(5-21)28-19/h2-4,6-7,14,16-19,21,23-25H,5H2,1H3/t14-,16+,17+,18-,19+/m0/s1. The van der Waals surface area contributed by atoms with Crippen LogP contribution in [0, 0.1) is 6.92 Å². The summed E-state index contributed by atoms with van der Waals surface area (Å²) in [6, 6.07) is 4.47. The van der Waals surface area contributed by atoms with Crippen molar-refractivity contribution in [2.24, 2.45) is 0 Å². The minimum atomic E-state index is -1.55. The van der Waals surface area contributed by atoms with Crippen LogP contribution in [0.1, 0.15) is 5.01 Å². The van der Waals surface area contributed by atoms with Gasteiger partial charge in [0.25, 0.3) is 0 Å². The highest BCUT2D eigenvalue weighted by atomic mass is 32.1. The number of aliphatic hydroxyl groups is 4. The number of fused-ring (bicyclic) bond motifs is 1. The van der Waals surface area contributed by atoms with Gasteiger partial charge in [-0.05, 0) is 19.1 Å². The van der Waals surface area contributed by atoms with Crippen LogP contribution in [0.3, 0.4) is 0 Å². The molecule has 2 aromatic heterocycles. The van der Waals surface area contributed by atoms with E-state index in [1.807, 2.05) is 6.92 Å². The van der Waals surface area contributed by atoms with Crippen molar-refractivity contribution in [3.05, 3.63) is 45.1 Å². The average Bonchev–Trinajstić information content (AvgIpc) is 3.14. The van der Waals surface area contributed by atoms with Crippen molar-refractivity contribution in [3.8, 4) is 17.0 Å². The zero-order chi connectivity index (χ0) is 20.7. The van der Waals surface area contributed by atoms with Crippen molar-refractivity contribution in [2.45, 2.75) is 37.6 Å². The zero-order valence-corrected chi connectivity index (χ0v) is 16.1. The fourth-order valence-corrected chi connectivity index (χ4v) is 3.76. The topological polar surface area (TPSA) is 142 Å². The molecule has 154 valence electrons. The van der Waals surface area contributed by atoms with Gasteiger partial charge in [-0.3, -0.25) is 4.79 Å². The van der Waals surface area contributed by atoms with Gasteiger partial charge in [0.2, 0.25) is 11.7 Å². The van der Waals surface area contributed by atoms with Crippen LogP contribution < -0.4 is 10.2 Å². The smallest absolute Gasteiger partial charge is 0.229 e. The third-order valence-electron chi connectivity index (χ3n) is 4.74. The van der Waals surface area contributed by atoms with Gasteiger partial charge in [0.05, 0.1) is 28.3 Å². The highest BCUT2D eigenvalue weighted by Gasteiger charge is 2.44. The number of aromatic nitrogens is 1. The zero-order valence-electron chi connectivity index (χ0n) is 15.3. The minimum absolute atomic E-state index is 0.210. The number of hydrogen-bond donors (Lipinski definition) is 4. The number of thiazole rings is 1. The maximum absolute atomic E-state index is 12.8. The van der Waals surface area contributed by atoms with E-state index in [4.69, 9.17) is 13.9 Å². The summed E-state index contributed by atoms with van der Waals surface area (Å²) in [5.41, 5.74) is 0.915. The summed E-state index contributed by atoms with van der Waals surface area (Å²) in [6.07, 6.45) is -5.64. The maximum Gasteiger partial charge on any atom is 0.229 e. The summed E-state index contributed by atoms with van der Waals surface area (Å²) in [7, 11) is 0. The second-order valence-corrected chi connectivity index (χ2v) is 7.77. The minimum Gasteiger partial charge on any atom is -0.463 e. The molecule has 1 saturated heterocycles. The van der Waals surface area contributed by atoms with Gasteiger partial charge in [0, 0.05) is 11.4 Å². The van der Waals surface area contributed by atoms with Crippen molar-refractivity contribution >= 4 is 22.3 Å². The number of ether oxygens (including phenoxy) is 2. The van der Waals surface area contributed by atoms with E-state index < -0.39 is 37.3 Å². The number of rotatable bonds is 4. The monoisotopic (exact) mass is 421 g/mol. The first kappa shape index (κ1) is 20.0. The summed E-state index contributed by atoms with van der Waals surface area (Å²) in [5.74, 6) is 0.210. The Morgan fingerprint density at radius 2 is 2.00 bits per heavy atom. The molecule has 3 heterocycles. The molecule has 0 unspecified atom stereocenters. The maximum atomic E-state index is 12.8. The first-order chi connectivity index (χ1) is 13.9. The molecule has 0 bridgehead atoms. The number of aryl methyl sites for hydroxylation is 1. The lowest BCUT2D eigenvalue weighted by Crippen LogP contribution is -2.60. The predicted molar refractivity (Wildman–Crippen MR) is 103 cm³/mol. The SMILES string of the molecule is Cc1nc(-c2coc3cc(O[C@@H]4O[C@@H](CO)[C@@H](O)[C@@H](O)[C@@H]4O)ccc3c2=O)cs1. The molecule has 1 aliphatic heterocycles. The molecule has 1 aliphatic rings. The third kappa shape index (κ3) is 3.66. The molecule has 29 heavy (non-hydrogen) atoms. The van der Waals surface area contributed by atoms with Gasteiger partial charge in [0.1, 0.15) is 42.0 Å². The largest absolute Gasteiger partial charge is 0.463 e. The summed E-state index contributed by atoms with van der Waals surface area (Å²) in [6.45, 7) is 1.29. The Hall–Kier alpha value is -2.34. The molecule has 4 rings (SSSR count). The highest BCUT2D eigenvalue weighted by Crippen LogP contribution is 2.27. The van der Waals surface area contributed by atoms with E-state index in [9.17, 15) is 25.2 Å². The molecule has 0 saturated carbocycles. The lowest BCUT2D eigenvalue weighted by atomic mass is 9.99. The Kier molecular flexibility index (Phi) is 5.38. The van der Waals surface area contributed by atoms with E-state index >= 15 is 0 Å². The van der Waals surface area contributed by atoms with Crippen molar-refractivity contribution in [1.29, 1.82) is 0 Å². The summed E-state index contributed by atoms with van der Waals surface area (Å²) >= 11 is 1.43. The quantitative estimate of drug-likeness (QED) is 0.471. The van der Waals surface area contributed by atoms with E-state index in [-0.39, 0.29) is 16.8 Å². The van der Waals surface area contributed by atoms with Gasteiger partial charge in [0.15, 0.2) is 0 Å². The molecule has 4 N–H and O–H groups in total. The first-order valence-electron chi connectivity index (χ1n) is 8.84. The average molecular weight is 421 g/mol. The molecule has 1 aromatic carbocycles. The molecule has 1 fully saturated rings. The Morgan fingerprint density at radius 1 is 1.21 bits per heavy atom. The van der Waals surface area contributed by atoms with Crippen molar-refractivity contribution in [1.82, 2.24) is 4.98 Å². The van der Waals surface area contributed by atoms with Crippen LogP contribution in [0.2, 0.25) is 0 Å². The van der Waals surface area contributed by atoms with Gasteiger partial charge in [-0.25, -0.2) is 4.98 Å². The Balaban J connectivity index is 1.62. The lowest BCUT2D eigenvalue weighted by Gasteiger charge is -2.39. The molecular formula is C19H19NO8S. The van der Waals surface area contributed by atoms with Crippen LogP contribution in [-0.4, -0.2) is 62.7 Å². The highest BCUT2D eigenvalue weighted by molar-refractivity contribution is 7.09. The molecule has 0 amide bonds. The second kappa shape index (κ2) is 7.82. The van der Waals surface area contributed by atoms with Gasteiger partial charge in [-0.2, -0.15) is 0 Å². The summed E-state index contributed by atoms with van der Waals surface area (Å²) in [4.78, 5) is 17.1. The van der Waals surface area contributed by atoms with Crippen LogP contribution in [0.25, 0.3) is 22.2 Å². The first-order valence-corrected chi connectivity index (χ1v) is 9.72. The lowest BCUT2D eigenvalue weighted by molar-refractivity contribution is -0.277. The second-order valence-electron chi connectivity index (χ2n) is 6.70. The number of nitrogens with zero attached hydrogens (tertiary/aromatic N) is 1. The normalized spacial score (nSPS) is 27.3. The molecule has 0 aliphatic carbocycles. The number of hydrogen-bond acceptors (Lipinski definition) is 10. The Bertz CT molecular complexity index is 1080. The van der Waals surface area contributed by atoms with E-state index in [0.29, 0.717) is 16.6 Å². The Morgan fingerprint density at radius 3 is 2.69 bits per heavy atom. The van der Waals surface area contributed by atoms with E-state index in [0.717, 1.165) is 5.01 Å². The summed E-state index contributed by atoms with van der Waals surface area (Å²) in [5, 5.41) is 42.0. The van der Waals surface area contributed by atoms with Gasteiger partial charge < -0.3 is 34.3 Å². The third-order valence-corrected chi connectivity index (χ3v) is 5.52. The molecular weight excluding hydrogens is 402 g/mol. The van der Waals surface area contributed by atoms with Crippen molar-refractivity contribution in [2.75, 3.05) is 6.61 Å². The van der Waals surface area contributed by atoms with Crippen LogP contribution in [0.5, 0.6) is 5.75 Å². The molecule has 3 aromatic rings. The fourth-order valence-electron chi connectivity index (χ4n) is 3.14. The van der Waals surface area contributed by atoms with Crippen molar-refractivity contribution < 1.29 is 34.3 Å². The van der Waals surface area contributed by atoms with Gasteiger partial charge in [-0.15, -0.1) is 11.3 Å². The van der Waals surface area contributed by atoms with E-state index in [1.165, 1.54) is 35.8 Å². The number of aliphatic hydroxyl groups excluding tert-OH is 4. The number of benzene rings is 1. The molecule has 10 heteroatoms. The molecule has 0 spiro atoms. The summed E-state index contributed by atoms with van der Waals surface area (Å²) < 4.78 is 16.5. The molecule has 5 atom stereocenters. The van der Waals surface area contributed by atoms with E-state index in [2.05, 4.69) is 4.98 Å². The predicted octanol–water partition coefficient (Wildman–Crippen LogP) is 0.404. The van der Waals surface area contributed by atoms with Crippen LogP contribution in [0.15, 0.2) is 39.1 Å². The van der Waals surface area contributed by atoms with Crippen LogP contribution >= 0.6 is 11.3 Å². The van der Waals surface area contributed by atoms with Gasteiger partial charge in [-0.1, -0.05) is 0 Å². The van der Waals surface area contributed by atoms with Gasteiger partial charge >= 0.3 is 0 Å².